The van der Waals surface area contributed by atoms with Crippen molar-refractivity contribution in [3.8, 4) is 0 Å². The Bertz CT molecular complexity index is 731. The van der Waals surface area contributed by atoms with Crippen molar-refractivity contribution in [1.82, 2.24) is 9.80 Å². The zero-order valence-corrected chi connectivity index (χ0v) is 19.5. The Balaban J connectivity index is 1.75. The molecule has 0 radical (unpaired) electrons. The number of amidine groups is 1. The molecule has 1 saturated heterocycles. The van der Waals surface area contributed by atoms with Gasteiger partial charge in [-0.2, -0.15) is 0 Å². The second-order valence-corrected chi connectivity index (χ2v) is 10.8. The van der Waals surface area contributed by atoms with E-state index in [0.29, 0.717) is 33.4 Å². The molecule has 154 valence electrons. The van der Waals surface area contributed by atoms with Crippen molar-refractivity contribution in [3.05, 3.63) is 33.8 Å². The summed E-state index contributed by atoms with van der Waals surface area (Å²) in [5.74, 6) is 0.959. The molecule has 1 aromatic rings. The molecule has 2 aliphatic rings. The third-order valence-corrected chi connectivity index (χ3v) is 6.17. The number of hydrogen-bond donors (Lipinski definition) is 0. The molecule has 0 saturated carbocycles. The van der Waals surface area contributed by atoms with E-state index in [2.05, 4.69) is 28.7 Å². The number of benzene rings is 1. The highest BCUT2D eigenvalue weighted by Crippen LogP contribution is 2.36. The van der Waals surface area contributed by atoms with Crippen molar-refractivity contribution in [2.45, 2.75) is 42.7 Å². The quantitative estimate of drug-likeness (QED) is 0.498. The lowest BCUT2D eigenvalue weighted by atomic mass is 9.95. The van der Waals surface area contributed by atoms with Gasteiger partial charge in [-0.05, 0) is 63.9 Å². The van der Waals surface area contributed by atoms with Crippen LogP contribution in [-0.4, -0.2) is 57.6 Å². The second kappa shape index (κ2) is 9.28. The van der Waals surface area contributed by atoms with Crippen LogP contribution in [0.25, 0.3) is 0 Å². The molecule has 3 rings (SSSR count). The molecule has 0 aromatic heterocycles. The third kappa shape index (κ3) is 5.68. The van der Waals surface area contributed by atoms with Crippen molar-refractivity contribution in [2.24, 2.45) is 15.9 Å². The van der Waals surface area contributed by atoms with E-state index >= 15 is 0 Å². The highest BCUT2D eigenvalue weighted by Gasteiger charge is 2.39. The van der Waals surface area contributed by atoms with E-state index in [4.69, 9.17) is 58.0 Å². The van der Waals surface area contributed by atoms with Gasteiger partial charge < -0.3 is 9.80 Å². The first-order chi connectivity index (χ1) is 13.1. The first-order valence-electron chi connectivity index (χ1n) is 9.28. The van der Waals surface area contributed by atoms with Gasteiger partial charge in [-0.15, -0.1) is 0 Å². The van der Waals surface area contributed by atoms with Gasteiger partial charge >= 0.3 is 0 Å². The summed E-state index contributed by atoms with van der Waals surface area (Å²) in [6.45, 7) is 7.38. The lowest BCUT2D eigenvalue weighted by Crippen LogP contribution is -2.48. The molecule has 2 aliphatic heterocycles. The van der Waals surface area contributed by atoms with Crippen LogP contribution in [0.1, 0.15) is 32.3 Å². The average Bonchev–Trinajstić information content (AvgIpc) is 2.60. The summed E-state index contributed by atoms with van der Waals surface area (Å²) in [4.78, 5) is 13.5. The van der Waals surface area contributed by atoms with Crippen molar-refractivity contribution >= 4 is 70.2 Å². The molecule has 2 heterocycles. The highest BCUT2D eigenvalue weighted by molar-refractivity contribution is 6.68. The highest BCUT2D eigenvalue weighted by atomic mass is 35.6. The summed E-state index contributed by atoms with van der Waals surface area (Å²) >= 11 is 31.0. The Morgan fingerprint density at radius 1 is 1.07 bits per heavy atom. The average molecular weight is 485 g/mol. The van der Waals surface area contributed by atoms with Gasteiger partial charge in [-0.3, -0.25) is 0 Å². The van der Waals surface area contributed by atoms with E-state index in [1.54, 1.807) is 24.5 Å². The molecule has 1 fully saturated rings. The summed E-state index contributed by atoms with van der Waals surface area (Å²) in [5, 5.41) is 1.01. The Labute approximate surface area is 191 Å². The summed E-state index contributed by atoms with van der Waals surface area (Å²) in [6.07, 6.45) is 3.27. The second-order valence-electron chi connectivity index (χ2n) is 7.54. The van der Waals surface area contributed by atoms with Gasteiger partial charge in [0.1, 0.15) is 0 Å². The summed E-state index contributed by atoms with van der Waals surface area (Å²) in [6, 6.07) is 5.72. The standard InChI is InChI=1S/C19H23Cl5N4/c1-12(2)27-5-3-13(4-6-27)10-28-11-25-17(26-18(28)19(22,23)24)14-7-15(20)9-16(21)8-14/h7-9,11-13,18H,3-6,10H2,1-2H3. The Morgan fingerprint density at radius 2 is 1.68 bits per heavy atom. The Hall–Kier alpha value is -0.230. The van der Waals surface area contributed by atoms with Crippen molar-refractivity contribution in [3.63, 3.8) is 0 Å². The molecule has 4 nitrogen and oxygen atoms in total. The van der Waals surface area contributed by atoms with Crippen LogP contribution in [-0.2, 0) is 0 Å². The van der Waals surface area contributed by atoms with Crippen molar-refractivity contribution in [2.75, 3.05) is 19.6 Å². The number of piperidine rings is 1. The van der Waals surface area contributed by atoms with E-state index in [1.807, 2.05) is 4.90 Å². The Morgan fingerprint density at radius 3 is 2.21 bits per heavy atom. The number of alkyl halides is 3. The molecular weight excluding hydrogens is 462 g/mol. The van der Waals surface area contributed by atoms with Crippen LogP contribution in [0, 0.1) is 5.92 Å². The van der Waals surface area contributed by atoms with Crippen LogP contribution in [0.3, 0.4) is 0 Å². The van der Waals surface area contributed by atoms with Crippen molar-refractivity contribution < 1.29 is 0 Å². The van der Waals surface area contributed by atoms with E-state index < -0.39 is 9.96 Å². The summed E-state index contributed by atoms with van der Waals surface area (Å²) in [7, 11) is 0. The number of rotatable bonds is 4. The number of halogens is 5. The van der Waals surface area contributed by atoms with E-state index in [-0.39, 0.29) is 0 Å². The fourth-order valence-electron chi connectivity index (χ4n) is 3.61. The largest absolute Gasteiger partial charge is 0.337 e. The van der Waals surface area contributed by atoms with Gasteiger partial charge in [0.25, 0.3) is 0 Å². The topological polar surface area (TPSA) is 31.2 Å². The normalized spacial score (nSPS) is 22.1. The summed E-state index contributed by atoms with van der Waals surface area (Å²) in [5.41, 5.74) is 0.692. The predicted octanol–water partition coefficient (Wildman–Crippen LogP) is 5.90. The van der Waals surface area contributed by atoms with E-state index in [1.165, 1.54) is 0 Å². The number of likely N-dealkylation sites (tertiary alicyclic amines) is 1. The minimum atomic E-state index is -1.58. The summed E-state index contributed by atoms with van der Waals surface area (Å²) < 4.78 is -1.58. The van der Waals surface area contributed by atoms with Crippen LogP contribution < -0.4 is 0 Å². The molecular formula is C19H23Cl5N4. The first-order valence-corrected chi connectivity index (χ1v) is 11.2. The predicted molar refractivity (Wildman–Crippen MR) is 122 cm³/mol. The molecule has 0 bridgehead atoms. The number of hydrogen-bond acceptors (Lipinski definition) is 4. The molecule has 28 heavy (non-hydrogen) atoms. The fourth-order valence-corrected chi connectivity index (χ4v) is 4.65. The smallest absolute Gasteiger partial charge is 0.230 e. The van der Waals surface area contributed by atoms with Crippen LogP contribution >= 0.6 is 58.0 Å². The number of aliphatic imine (C=N–C) groups is 2. The monoisotopic (exact) mass is 482 g/mol. The zero-order valence-electron chi connectivity index (χ0n) is 15.8. The van der Waals surface area contributed by atoms with Gasteiger partial charge in [0, 0.05) is 28.2 Å². The number of nitrogens with zero attached hydrogens (tertiary/aromatic N) is 4. The molecule has 0 amide bonds. The van der Waals surface area contributed by atoms with Gasteiger partial charge in [-0.1, -0.05) is 58.0 Å². The van der Waals surface area contributed by atoms with Gasteiger partial charge in [-0.25, -0.2) is 9.98 Å². The van der Waals surface area contributed by atoms with Gasteiger partial charge in [0.05, 0.1) is 6.34 Å². The minimum Gasteiger partial charge on any atom is -0.337 e. The lowest BCUT2D eigenvalue weighted by Gasteiger charge is -2.39. The maximum absolute atomic E-state index is 6.26. The third-order valence-electron chi connectivity index (χ3n) is 5.15. The van der Waals surface area contributed by atoms with Gasteiger partial charge in [0.2, 0.25) is 3.79 Å². The van der Waals surface area contributed by atoms with Crippen LogP contribution in [0.2, 0.25) is 10.0 Å². The van der Waals surface area contributed by atoms with E-state index in [9.17, 15) is 0 Å². The van der Waals surface area contributed by atoms with E-state index in [0.717, 1.165) is 32.5 Å². The zero-order chi connectivity index (χ0) is 20.5. The molecule has 0 N–H and O–H groups in total. The SMILES string of the molecule is CC(C)N1CCC(CN2C=NC(c3cc(Cl)cc(Cl)c3)=NC2C(Cl)(Cl)Cl)CC1. The molecule has 1 unspecified atom stereocenters. The molecule has 1 atom stereocenters. The maximum Gasteiger partial charge on any atom is 0.230 e. The van der Waals surface area contributed by atoms with Crippen LogP contribution in [0.5, 0.6) is 0 Å². The Kier molecular flexibility index (Phi) is 7.44. The maximum atomic E-state index is 6.26. The lowest BCUT2D eigenvalue weighted by molar-refractivity contribution is 0.131. The fraction of sp³-hybridized carbons (Fsp3) is 0.579. The van der Waals surface area contributed by atoms with Crippen LogP contribution in [0.15, 0.2) is 28.2 Å². The van der Waals surface area contributed by atoms with Crippen molar-refractivity contribution in [1.29, 1.82) is 0 Å². The molecule has 0 aliphatic carbocycles. The molecule has 1 aromatic carbocycles. The van der Waals surface area contributed by atoms with Crippen LogP contribution in [0.4, 0.5) is 0 Å². The first kappa shape index (κ1) is 22.5. The molecule has 0 spiro atoms. The van der Waals surface area contributed by atoms with Gasteiger partial charge in [0.15, 0.2) is 12.0 Å². The minimum absolute atomic E-state index is 0.451. The molecule has 9 heteroatoms.